The monoisotopic (exact) mass is 349 g/mol. The van der Waals surface area contributed by atoms with Crippen molar-refractivity contribution in [1.29, 1.82) is 0 Å². The molecule has 0 spiro atoms. The van der Waals surface area contributed by atoms with Gasteiger partial charge in [0.05, 0.1) is 11.9 Å². The van der Waals surface area contributed by atoms with Gasteiger partial charge in [-0.3, -0.25) is 4.40 Å². The number of imidazole rings is 1. The highest BCUT2D eigenvalue weighted by Gasteiger charge is 2.12. The van der Waals surface area contributed by atoms with Gasteiger partial charge in [-0.1, -0.05) is 19.6 Å². The Labute approximate surface area is 141 Å². The first-order valence-electron chi connectivity index (χ1n) is 7.52. The Morgan fingerprint density at radius 1 is 1.30 bits per heavy atom. The predicted octanol–water partition coefficient (Wildman–Crippen LogP) is 3.56. The van der Waals surface area contributed by atoms with E-state index in [1.54, 1.807) is 27.7 Å². The molecule has 23 heavy (non-hydrogen) atoms. The molecule has 0 N–H and O–H groups in total. The number of fused-ring (bicyclic) bond motifs is 1. The highest BCUT2D eigenvalue weighted by molar-refractivity contribution is 6.76. The van der Waals surface area contributed by atoms with Gasteiger partial charge in [0, 0.05) is 44.9 Å². The molecule has 0 unspecified atom stereocenters. The van der Waals surface area contributed by atoms with Crippen LogP contribution in [0.25, 0.3) is 16.9 Å². The lowest BCUT2D eigenvalue weighted by atomic mass is 10.2. The third-order valence-corrected chi connectivity index (χ3v) is 5.47. The van der Waals surface area contributed by atoms with Gasteiger partial charge < -0.3 is 4.74 Å². The van der Waals surface area contributed by atoms with E-state index in [4.69, 9.17) is 16.3 Å². The van der Waals surface area contributed by atoms with Crippen LogP contribution >= 0.6 is 11.6 Å². The molecule has 0 aliphatic rings. The summed E-state index contributed by atoms with van der Waals surface area (Å²) in [6.45, 7) is 8.23. The summed E-state index contributed by atoms with van der Waals surface area (Å²) >= 11 is 6.17. The molecule has 0 saturated carbocycles. The Morgan fingerprint density at radius 2 is 2.13 bits per heavy atom. The molecule has 0 radical (unpaired) electrons. The van der Waals surface area contributed by atoms with Crippen molar-refractivity contribution in [1.82, 2.24) is 24.1 Å². The summed E-state index contributed by atoms with van der Waals surface area (Å²) in [5, 5.41) is 4.70. The second kappa shape index (κ2) is 6.43. The van der Waals surface area contributed by atoms with E-state index in [-0.39, 0.29) is 0 Å². The maximum Gasteiger partial charge on any atom is 0.209 e. The number of aromatic nitrogens is 5. The van der Waals surface area contributed by atoms with Crippen LogP contribution < -0.4 is 0 Å². The van der Waals surface area contributed by atoms with E-state index in [9.17, 15) is 0 Å². The van der Waals surface area contributed by atoms with Crippen molar-refractivity contribution in [3.8, 4) is 11.3 Å². The van der Waals surface area contributed by atoms with Crippen molar-refractivity contribution in [2.24, 2.45) is 0 Å². The fourth-order valence-corrected chi connectivity index (χ4v) is 3.13. The van der Waals surface area contributed by atoms with E-state index in [0.29, 0.717) is 12.0 Å². The Balaban J connectivity index is 1.68. The van der Waals surface area contributed by atoms with E-state index >= 15 is 0 Å². The van der Waals surface area contributed by atoms with Gasteiger partial charge in [0.1, 0.15) is 12.4 Å². The molecular formula is C15H20ClN5OSi. The van der Waals surface area contributed by atoms with Crippen LogP contribution in [0.2, 0.25) is 31.0 Å². The molecule has 0 aliphatic heterocycles. The van der Waals surface area contributed by atoms with Gasteiger partial charge >= 0.3 is 0 Å². The molecule has 0 aromatic carbocycles. The quantitative estimate of drug-likeness (QED) is 0.388. The number of nitrogens with zero attached hydrogens (tertiary/aromatic N) is 5. The number of hydrogen-bond acceptors (Lipinski definition) is 4. The minimum atomic E-state index is -1.06. The van der Waals surface area contributed by atoms with Gasteiger partial charge in [0.15, 0.2) is 0 Å². The maximum absolute atomic E-state index is 6.17. The second-order valence-corrected chi connectivity index (χ2v) is 12.6. The molecular weight excluding hydrogens is 330 g/mol. The fourth-order valence-electron chi connectivity index (χ4n) is 2.14. The van der Waals surface area contributed by atoms with Crippen molar-refractivity contribution < 1.29 is 4.74 Å². The van der Waals surface area contributed by atoms with Gasteiger partial charge in [0.25, 0.3) is 0 Å². The third kappa shape index (κ3) is 3.98. The average molecular weight is 350 g/mol. The predicted molar refractivity (Wildman–Crippen MR) is 93.3 cm³/mol. The van der Waals surface area contributed by atoms with Crippen LogP contribution in [0.3, 0.4) is 0 Å². The van der Waals surface area contributed by atoms with Gasteiger partial charge in [-0.05, 0) is 17.6 Å². The van der Waals surface area contributed by atoms with E-state index < -0.39 is 8.07 Å². The van der Waals surface area contributed by atoms with Crippen molar-refractivity contribution in [2.75, 3.05) is 6.61 Å². The number of hydrogen-bond donors (Lipinski definition) is 0. The Kier molecular flexibility index (Phi) is 4.52. The first-order chi connectivity index (χ1) is 10.9. The smallest absolute Gasteiger partial charge is 0.209 e. The number of ether oxygens (including phenoxy) is 1. The molecule has 3 heterocycles. The molecule has 0 atom stereocenters. The number of rotatable bonds is 6. The van der Waals surface area contributed by atoms with Crippen molar-refractivity contribution in [2.45, 2.75) is 32.4 Å². The minimum Gasteiger partial charge on any atom is -0.360 e. The fraction of sp³-hybridized carbons (Fsp3) is 0.400. The SMILES string of the molecule is C[Si](C)(C)CCOCn1cc(-c2cc3nccn3c(Cl)n2)cn1. The molecule has 0 fully saturated rings. The number of halogens is 1. The molecule has 6 nitrogen and oxygen atoms in total. The lowest BCUT2D eigenvalue weighted by molar-refractivity contribution is 0.0786. The van der Waals surface area contributed by atoms with E-state index in [0.717, 1.165) is 29.6 Å². The zero-order valence-corrected chi connectivity index (χ0v) is 15.3. The highest BCUT2D eigenvalue weighted by atomic mass is 35.5. The molecule has 3 aromatic rings. The minimum absolute atomic E-state index is 0.383. The molecule has 0 saturated heterocycles. The Morgan fingerprint density at radius 3 is 2.91 bits per heavy atom. The average Bonchev–Trinajstić information content (AvgIpc) is 3.11. The topological polar surface area (TPSA) is 57.2 Å². The summed E-state index contributed by atoms with van der Waals surface area (Å²) in [4.78, 5) is 8.63. The lowest BCUT2D eigenvalue weighted by Crippen LogP contribution is -2.22. The second-order valence-electron chi connectivity index (χ2n) is 6.68. The summed E-state index contributed by atoms with van der Waals surface area (Å²) < 4.78 is 9.20. The first kappa shape index (κ1) is 16.2. The van der Waals surface area contributed by atoms with E-state index in [2.05, 4.69) is 34.7 Å². The molecule has 0 bridgehead atoms. The normalized spacial score (nSPS) is 12.2. The molecule has 3 rings (SSSR count). The summed E-state index contributed by atoms with van der Waals surface area (Å²) in [6, 6.07) is 3.04. The van der Waals surface area contributed by atoms with E-state index in [1.165, 1.54) is 0 Å². The molecule has 8 heteroatoms. The van der Waals surface area contributed by atoms with E-state index in [1.807, 2.05) is 12.3 Å². The largest absolute Gasteiger partial charge is 0.360 e. The molecule has 122 valence electrons. The van der Waals surface area contributed by atoms with Gasteiger partial charge in [-0.2, -0.15) is 5.10 Å². The standard InChI is InChI=1S/C15H20ClN5OSi/c1-23(2,3)7-6-22-11-20-10-12(9-18-20)13-8-14-17-4-5-21(14)15(16)19-13/h4-5,8-10H,6-7,11H2,1-3H3. The van der Waals surface area contributed by atoms with Crippen molar-refractivity contribution >= 4 is 25.3 Å². The Hall–Kier alpha value is -1.70. The third-order valence-electron chi connectivity index (χ3n) is 3.50. The van der Waals surface area contributed by atoms with Crippen LogP contribution in [0.5, 0.6) is 0 Å². The van der Waals surface area contributed by atoms with Gasteiger partial charge in [-0.15, -0.1) is 0 Å². The van der Waals surface area contributed by atoms with Crippen molar-refractivity contribution in [3.05, 3.63) is 36.1 Å². The molecule has 3 aromatic heterocycles. The van der Waals surface area contributed by atoms with Crippen LogP contribution in [0.4, 0.5) is 0 Å². The summed E-state index contributed by atoms with van der Waals surface area (Å²) in [5.41, 5.74) is 2.41. The van der Waals surface area contributed by atoms with Crippen LogP contribution in [0.15, 0.2) is 30.9 Å². The van der Waals surface area contributed by atoms with Gasteiger partial charge in [0.2, 0.25) is 5.28 Å². The van der Waals surface area contributed by atoms with Crippen molar-refractivity contribution in [3.63, 3.8) is 0 Å². The van der Waals surface area contributed by atoms with Crippen LogP contribution in [0.1, 0.15) is 0 Å². The lowest BCUT2D eigenvalue weighted by Gasteiger charge is -2.15. The summed E-state index contributed by atoms with van der Waals surface area (Å²) in [7, 11) is -1.06. The summed E-state index contributed by atoms with van der Waals surface area (Å²) in [6.07, 6.45) is 7.15. The van der Waals surface area contributed by atoms with Crippen LogP contribution in [0, 0.1) is 0 Å². The molecule has 0 aliphatic carbocycles. The highest BCUT2D eigenvalue weighted by Crippen LogP contribution is 2.21. The summed E-state index contributed by atoms with van der Waals surface area (Å²) in [5.74, 6) is 0. The zero-order chi connectivity index (χ0) is 16.4. The van der Waals surface area contributed by atoms with Crippen LogP contribution in [-0.4, -0.2) is 38.8 Å². The van der Waals surface area contributed by atoms with Crippen LogP contribution in [-0.2, 0) is 11.5 Å². The van der Waals surface area contributed by atoms with Gasteiger partial charge in [-0.25, -0.2) is 14.6 Å². The maximum atomic E-state index is 6.17. The zero-order valence-electron chi connectivity index (χ0n) is 13.5. The Bertz CT molecular complexity index is 808. The first-order valence-corrected chi connectivity index (χ1v) is 11.6. The molecule has 0 amide bonds.